The Morgan fingerprint density at radius 1 is 1.30 bits per heavy atom. The van der Waals surface area contributed by atoms with Gasteiger partial charge in [0.15, 0.2) is 11.2 Å². The highest BCUT2D eigenvalue weighted by atomic mass is 16.3. The van der Waals surface area contributed by atoms with Crippen molar-refractivity contribution in [1.29, 1.82) is 0 Å². The maximum atomic E-state index is 12.1. The molecule has 0 spiro atoms. The van der Waals surface area contributed by atoms with Crippen LogP contribution in [0.25, 0.3) is 11.2 Å². The number of aromatic nitrogens is 4. The van der Waals surface area contributed by atoms with Crippen molar-refractivity contribution in [3.8, 4) is 0 Å². The van der Waals surface area contributed by atoms with Crippen LogP contribution in [-0.4, -0.2) is 36.9 Å². The molecule has 3 N–H and O–H groups in total. The summed E-state index contributed by atoms with van der Waals surface area (Å²) in [5, 5.41) is 12.9. The summed E-state index contributed by atoms with van der Waals surface area (Å²) in [6.07, 6.45) is 3.84. The Hall–Kier alpha value is -2.09. The van der Waals surface area contributed by atoms with Crippen LogP contribution in [0.15, 0.2) is 9.59 Å². The van der Waals surface area contributed by atoms with Crippen LogP contribution in [0.2, 0.25) is 0 Å². The summed E-state index contributed by atoms with van der Waals surface area (Å²) < 4.78 is 2.94. The third-order valence-corrected chi connectivity index (χ3v) is 3.77. The minimum atomic E-state index is -0.635. The molecule has 23 heavy (non-hydrogen) atoms. The van der Waals surface area contributed by atoms with Gasteiger partial charge in [-0.2, -0.15) is 4.98 Å². The number of aromatic amines is 1. The van der Waals surface area contributed by atoms with Gasteiger partial charge in [0.2, 0.25) is 5.95 Å². The van der Waals surface area contributed by atoms with Crippen LogP contribution >= 0.6 is 0 Å². The summed E-state index contributed by atoms with van der Waals surface area (Å²) in [5.41, 5.74) is -0.381. The second-order valence-corrected chi connectivity index (χ2v) is 5.87. The van der Waals surface area contributed by atoms with Crippen molar-refractivity contribution in [1.82, 2.24) is 19.1 Å². The van der Waals surface area contributed by atoms with E-state index in [0.29, 0.717) is 17.1 Å². The largest absolute Gasteiger partial charge is 0.392 e. The molecule has 0 fully saturated rings. The van der Waals surface area contributed by atoms with Crippen LogP contribution in [0, 0.1) is 0 Å². The molecule has 0 unspecified atom stereocenters. The highest BCUT2D eigenvalue weighted by molar-refractivity contribution is 5.74. The van der Waals surface area contributed by atoms with Gasteiger partial charge in [-0.05, 0) is 13.3 Å². The first-order valence-electron chi connectivity index (χ1n) is 8.07. The lowest BCUT2D eigenvalue weighted by molar-refractivity contribution is 0.175. The van der Waals surface area contributed by atoms with E-state index in [9.17, 15) is 14.7 Å². The van der Waals surface area contributed by atoms with Gasteiger partial charge in [-0.3, -0.25) is 14.3 Å². The first-order valence-corrected chi connectivity index (χ1v) is 8.07. The zero-order valence-corrected chi connectivity index (χ0v) is 13.9. The SMILES string of the molecule is CCCCCCNc1nc2c(c(=O)[nH]c(=O)n2C)n1C[C@H](C)O. The van der Waals surface area contributed by atoms with Gasteiger partial charge in [0, 0.05) is 13.6 Å². The summed E-state index contributed by atoms with van der Waals surface area (Å²) in [7, 11) is 1.56. The van der Waals surface area contributed by atoms with E-state index in [1.165, 1.54) is 11.0 Å². The average molecular weight is 323 g/mol. The monoisotopic (exact) mass is 323 g/mol. The maximum absolute atomic E-state index is 12.1. The lowest BCUT2D eigenvalue weighted by atomic mass is 10.2. The number of imidazole rings is 1. The van der Waals surface area contributed by atoms with Crippen molar-refractivity contribution in [3.63, 3.8) is 0 Å². The van der Waals surface area contributed by atoms with Gasteiger partial charge < -0.3 is 15.0 Å². The van der Waals surface area contributed by atoms with Crippen molar-refractivity contribution in [3.05, 3.63) is 20.8 Å². The van der Waals surface area contributed by atoms with Gasteiger partial charge in [-0.1, -0.05) is 26.2 Å². The number of hydrogen-bond donors (Lipinski definition) is 3. The number of fused-ring (bicyclic) bond motifs is 1. The Morgan fingerprint density at radius 2 is 2.04 bits per heavy atom. The molecule has 8 nitrogen and oxygen atoms in total. The van der Waals surface area contributed by atoms with E-state index in [-0.39, 0.29) is 6.54 Å². The van der Waals surface area contributed by atoms with Crippen molar-refractivity contribution >= 4 is 17.1 Å². The van der Waals surface area contributed by atoms with Crippen molar-refractivity contribution in [2.75, 3.05) is 11.9 Å². The molecule has 0 aliphatic heterocycles. The molecule has 0 aliphatic carbocycles. The average Bonchev–Trinajstić information content (AvgIpc) is 2.83. The molecule has 2 aromatic heterocycles. The Labute approximate surface area is 134 Å². The number of aliphatic hydroxyl groups excluding tert-OH is 1. The van der Waals surface area contributed by atoms with Crippen molar-refractivity contribution in [2.24, 2.45) is 7.05 Å². The Kier molecular flexibility index (Phi) is 5.59. The summed E-state index contributed by atoms with van der Waals surface area (Å²) in [4.78, 5) is 30.5. The van der Waals surface area contributed by atoms with E-state index in [1.54, 1.807) is 18.5 Å². The minimum absolute atomic E-state index is 0.231. The van der Waals surface area contributed by atoms with E-state index >= 15 is 0 Å². The van der Waals surface area contributed by atoms with Crippen LogP contribution < -0.4 is 16.6 Å². The first kappa shape index (κ1) is 17.3. The number of anilines is 1. The molecule has 0 bridgehead atoms. The molecule has 0 amide bonds. The van der Waals surface area contributed by atoms with Crippen LogP contribution in [0.4, 0.5) is 5.95 Å². The number of hydrogen-bond acceptors (Lipinski definition) is 5. The molecule has 0 aliphatic rings. The Balaban J connectivity index is 2.38. The maximum Gasteiger partial charge on any atom is 0.329 e. The predicted molar refractivity (Wildman–Crippen MR) is 89.9 cm³/mol. The second kappa shape index (κ2) is 7.45. The quantitative estimate of drug-likeness (QED) is 0.623. The minimum Gasteiger partial charge on any atom is -0.392 e. The molecule has 0 saturated carbocycles. The third kappa shape index (κ3) is 3.82. The molecule has 2 aromatic rings. The molecule has 2 heterocycles. The normalized spacial score (nSPS) is 12.7. The molecule has 0 saturated heterocycles. The number of nitrogens with one attached hydrogen (secondary N) is 2. The topological polar surface area (TPSA) is 105 Å². The van der Waals surface area contributed by atoms with E-state index in [2.05, 4.69) is 22.2 Å². The molecule has 0 radical (unpaired) electrons. The van der Waals surface area contributed by atoms with Gasteiger partial charge in [-0.15, -0.1) is 0 Å². The number of unbranched alkanes of at least 4 members (excludes halogenated alkanes) is 3. The molecule has 128 valence electrons. The molecule has 8 heteroatoms. The van der Waals surface area contributed by atoms with Crippen LogP contribution in [-0.2, 0) is 13.6 Å². The lowest BCUT2D eigenvalue weighted by Crippen LogP contribution is -2.29. The predicted octanol–water partition coefficient (Wildman–Crippen LogP) is 0.796. The number of H-pyrrole nitrogens is 1. The molecule has 1 atom stereocenters. The van der Waals surface area contributed by atoms with E-state index in [1.807, 2.05) is 0 Å². The number of aliphatic hydroxyl groups is 1. The summed E-state index contributed by atoms with van der Waals surface area (Å²) in [6, 6.07) is 0. The summed E-state index contributed by atoms with van der Waals surface area (Å²) in [6.45, 7) is 4.76. The summed E-state index contributed by atoms with van der Waals surface area (Å²) >= 11 is 0. The van der Waals surface area contributed by atoms with Gasteiger partial charge in [-0.25, -0.2) is 4.79 Å². The van der Waals surface area contributed by atoms with Crippen LogP contribution in [0.3, 0.4) is 0 Å². The van der Waals surface area contributed by atoms with Gasteiger partial charge in [0.1, 0.15) is 0 Å². The van der Waals surface area contributed by atoms with E-state index < -0.39 is 17.4 Å². The zero-order chi connectivity index (χ0) is 17.0. The van der Waals surface area contributed by atoms with Gasteiger partial charge >= 0.3 is 5.69 Å². The highest BCUT2D eigenvalue weighted by Crippen LogP contribution is 2.16. The van der Waals surface area contributed by atoms with E-state index in [0.717, 1.165) is 25.8 Å². The highest BCUT2D eigenvalue weighted by Gasteiger charge is 2.18. The van der Waals surface area contributed by atoms with Crippen LogP contribution in [0.1, 0.15) is 39.5 Å². The molecular weight excluding hydrogens is 298 g/mol. The Morgan fingerprint density at radius 3 is 2.70 bits per heavy atom. The van der Waals surface area contributed by atoms with Gasteiger partial charge in [0.25, 0.3) is 5.56 Å². The molecule has 0 aromatic carbocycles. The van der Waals surface area contributed by atoms with Crippen molar-refractivity contribution < 1.29 is 5.11 Å². The molecule has 2 rings (SSSR count). The fourth-order valence-electron chi connectivity index (χ4n) is 2.56. The first-order chi connectivity index (χ1) is 11.0. The van der Waals surface area contributed by atoms with Crippen molar-refractivity contribution in [2.45, 2.75) is 52.2 Å². The lowest BCUT2D eigenvalue weighted by Gasteiger charge is -2.11. The van der Waals surface area contributed by atoms with E-state index in [4.69, 9.17) is 0 Å². The second-order valence-electron chi connectivity index (χ2n) is 5.87. The number of nitrogens with zero attached hydrogens (tertiary/aromatic N) is 3. The number of rotatable bonds is 8. The standard InChI is InChI=1S/C15H25N5O3/c1-4-5-6-7-8-16-14-17-12-11(20(14)9-10(2)21)13(22)18-15(23)19(12)3/h10,21H,4-9H2,1-3H3,(H,16,17)(H,18,22,23)/t10-/m0/s1. The fraction of sp³-hybridized carbons (Fsp3) is 0.667. The zero-order valence-electron chi connectivity index (χ0n) is 13.9. The van der Waals surface area contributed by atoms with Gasteiger partial charge in [0.05, 0.1) is 12.6 Å². The fourth-order valence-corrected chi connectivity index (χ4v) is 2.56. The summed E-state index contributed by atoms with van der Waals surface area (Å²) in [5.74, 6) is 0.504. The Bertz CT molecular complexity index is 772. The third-order valence-electron chi connectivity index (χ3n) is 3.77. The van der Waals surface area contributed by atoms with Crippen LogP contribution in [0.5, 0.6) is 0 Å². The number of aryl methyl sites for hydroxylation is 1. The molecular formula is C15H25N5O3. The smallest absolute Gasteiger partial charge is 0.329 e.